The van der Waals surface area contributed by atoms with Gasteiger partial charge in [0.05, 0.1) is 11.0 Å². The van der Waals surface area contributed by atoms with Crippen LogP contribution < -0.4 is 0 Å². The molecule has 0 bridgehead atoms. The van der Waals surface area contributed by atoms with E-state index in [0.717, 1.165) is 10.0 Å². The SMILES string of the molecule is O=[N+]([O-])c1ccc(CC(O)c2cc(Br)ccc2Cl)cc1. The molecule has 104 valence electrons. The minimum Gasteiger partial charge on any atom is -0.388 e. The van der Waals surface area contributed by atoms with Gasteiger partial charge >= 0.3 is 0 Å². The van der Waals surface area contributed by atoms with Crippen LogP contribution in [0.2, 0.25) is 5.02 Å². The van der Waals surface area contributed by atoms with E-state index in [2.05, 4.69) is 15.9 Å². The number of aliphatic hydroxyl groups is 1. The summed E-state index contributed by atoms with van der Waals surface area (Å²) in [7, 11) is 0. The molecular formula is C14H11BrClNO3. The van der Waals surface area contributed by atoms with E-state index in [1.807, 2.05) is 0 Å². The number of nitrogens with zero attached hydrogens (tertiary/aromatic N) is 1. The first kappa shape index (κ1) is 15.0. The van der Waals surface area contributed by atoms with E-state index in [1.54, 1.807) is 30.3 Å². The van der Waals surface area contributed by atoms with Crippen LogP contribution in [-0.4, -0.2) is 10.0 Å². The normalized spacial score (nSPS) is 12.2. The van der Waals surface area contributed by atoms with Crippen molar-refractivity contribution in [1.82, 2.24) is 0 Å². The Hall–Kier alpha value is -1.43. The van der Waals surface area contributed by atoms with Crippen LogP contribution in [0.25, 0.3) is 0 Å². The zero-order chi connectivity index (χ0) is 14.7. The van der Waals surface area contributed by atoms with Gasteiger partial charge in [0.25, 0.3) is 5.69 Å². The predicted molar refractivity (Wildman–Crippen MR) is 80.9 cm³/mol. The molecule has 0 fully saturated rings. The quantitative estimate of drug-likeness (QED) is 0.656. The average Bonchev–Trinajstić information content (AvgIpc) is 2.42. The third-order valence-corrected chi connectivity index (χ3v) is 3.73. The summed E-state index contributed by atoms with van der Waals surface area (Å²) in [5.41, 5.74) is 1.46. The minimum atomic E-state index is -0.763. The second-order valence-corrected chi connectivity index (χ2v) is 5.63. The maximum Gasteiger partial charge on any atom is 0.269 e. The molecule has 2 aromatic rings. The van der Waals surface area contributed by atoms with E-state index in [0.29, 0.717) is 17.0 Å². The van der Waals surface area contributed by atoms with E-state index in [4.69, 9.17) is 11.6 Å². The molecule has 0 aromatic heterocycles. The first-order valence-corrected chi connectivity index (χ1v) is 7.01. The maximum atomic E-state index is 10.6. The molecule has 4 nitrogen and oxygen atoms in total. The molecule has 0 spiro atoms. The largest absolute Gasteiger partial charge is 0.388 e. The molecular weight excluding hydrogens is 346 g/mol. The number of halogens is 2. The third-order valence-electron chi connectivity index (χ3n) is 2.89. The molecule has 2 aromatic carbocycles. The highest BCUT2D eigenvalue weighted by Gasteiger charge is 2.14. The van der Waals surface area contributed by atoms with Gasteiger partial charge in [0.2, 0.25) is 0 Å². The lowest BCUT2D eigenvalue weighted by Gasteiger charge is -2.13. The Kier molecular flexibility index (Phi) is 4.75. The maximum absolute atomic E-state index is 10.6. The lowest BCUT2D eigenvalue weighted by molar-refractivity contribution is -0.384. The fourth-order valence-corrected chi connectivity index (χ4v) is 2.48. The highest BCUT2D eigenvalue weighted by molar-refractivity contribution is 9.10. The van der Waals surface area contributed by atoms with Gasteiger partial charge in [-0.3, -0.25) is 10.1 Å². The minimum absolute atomic E-state index is 0.0312. The summed E-state index contributed by atoms with van der Waals surface area (Å²) in [6.45, 7) is 0. The van der Waals surface area contributed by atoms with Crippen molar-refractivity contribution >= 4 is 33.2 Å². The van der Waals surface area contributed by atoms with Gasteiger partial charge in [-0.25, -0.2) is 0 Å². The number of non-ortho nitro benzene ring substituents is 1. The van der Waals surface area contributed by atoms with Crippen LogP contribution in [0.4, 0.5) is 5.69 Å². The lowest BCUT2D eigenvalue weighted by Crippen LogP contribution is -2.03. The lowest BCUT2D eigenvalue weighted by atomic mass is 10.0. The van der Waals surface area contributed by atoms with Crippen molar-refractivity contribution in [1.29, 1.82) is 0 Å². The smallest absolute Gasteiger partial charge is 0.269 e. The first-order chi connectivity index (χ1) is 9.47. The second-order valence-electron chi connectivity index (χ2n) is 4.31. The number of nitro groups is 1. The van der Waals surface area contributed by atoms with Gasteiger partial charge in [0.1, 0.15) is 0 Å². The van der Waals surface area contributed by atoms with Gasteiger partial charge < -0.3 is 5.11 Å². The molecule has 0 heterocycles. The van der Waals surface area contributed by atoms with Crippen LogP contribution in [0, 0.1) is 10.1 Å². The van der Waals surface area contributed by atoms with Gasteiger partial charge in [-0.2, -0.15) is 0 Å². The molecule has 0 radical (unpaired) electrons. The zero-order valence-electron chi connectivity index (χ0n) is 10.3. The van der Waals surface area contributed by atoms with Gasteiger partial charge in [-0.15, -0.1) is 0 Å². The average molecular weight is 357 g/mol. The Morgan fingerprint density at radius 2 is 1.90 bits per heavy atom. The zero-order valence-corrected chi connectivity index (χ0v) is 12.6. The Balaban J connectivity index is 2.16. The molecule has 0 amide bonds. The number of aliphatic hydroxyl groups excluding tert-OH is 1. The van der Waals surface area contributed by atoms with E-state index >= 15 is 0 Å². The van der Waals surface area contributed by atoms with Crippen LogP contribution >= 0.6 is 27.5 Å². The molecule has 1 unspecified atom stereocenters. The summed E-state index contributed by atoms with van der Waals surface area (Å²) in [6.07, 6.45) is -0.421. The molecule has 0 aliphatic carbocycles. The van der Waals surface area contributed by atoms with Gasteiger partial charge in [-0.05, 0) is 23.8 Å². The molecule has 20 heavy (non-hydrogen) atoms. The van der Waals surface area contributed by atoms with E-state index in [-0.39, 0.29) is 5.69 Å². The summed E-state index contributed by atoms with van der Waals surface area (Å²) < 4.78 is 0.833. The summed E-state index contributed by atoms with van der Waals surface area (Å²) in [6, 6.07) is 11.4. The standard InChI is InChI=1S/C14H11BrClNO3/c15-10-3-6-13(16)12(8-10)14(18)7-9-1-4-11(5-2-9)17(19)20/h1-6,8,14,18H,7H2. The summed E-state index contributed by atoms with van der Waals surface area (Å²) >= 11 is 9.38. The molecule has 2 rings (SSSR count). The van der Waals surface area contributed by atoms with E-state index < -0.39 is 11.0 Å². The van der Waals surface area contributed by atoms with E-state index in [9.17, 15) is 15.2 Å². The van der Waals surface area contributed by atoms with Gasteiger partial charge in [-0.1, -0.05) is 39.7 Å². The molecule has 6 heteroatoms. The van der Waals surface area contributed by atoms with E-state index in [1.165, 1.54) is 12.1 Å². The third kappa shape index (κ3) is 3.56. The highest BCUT2D eigenvalue weighted by Crippen LogP contribution is 2.29. The molecule has 1 N–H and O–H groups in total. The molecule has 1 atom stereocenters. The van der Waals surface area contributed by atoms with Crippen molar-refractivity contribution in [2.75, 3.05) is 0 Å². The summed E-state index contributed by atoms with van der Waals surface area (Å²) in [4.78, 5) is 10.1. The summed E-state index contributed by atoms with van der Waals surface area (Å²) in [5.74, 6) is 0. The van der Waals surface area contributed by atoms with Crippen molar-refractivity contribution < 1.29 is 10.0 Å². The van der Waals surface area contributed by atoms with Crippen LogP contribution in [0.15, 0.2) is 46.9 Å². The number of hydrogen-bond acceptors (Lipinski definition) is 3. The van der Waals surface area contributed by atoms with Crippen molar-refractivity contribution in [2.24, 2.45) is 0 Å². The monoisotopic (exact) mass is 355 g/mol. The van der Waals surface area contributed by atoms with Crippen LogP contribution in [0.1, 0.15) is 17.2 Å². The highest BCUT2D eigenvalue weighted by atomic mass is 79.9. The Labute approximate surface area is 129 Å². The molecule has 0 saturated carbocycles. The van der Waals surface area contributed by atoms with Gasteiger partial charge in [0.15, 0.2) is 0 Å². The number of benzene rings is 2. The van der Waals surface area contributed by atoms with Crippen molar-refractivity contribution in [3.8, 4) is 0 Å². The molecule has 0 aliphatic rings. The summed E-state index contributed by atoms with van der Waals surface area (Å²) in [5, 5.41) is 21.3. The number of nitro benzene ring substituents is 1. The predicted octanol–water partition coefficient (Wildman–Crippen LogP) is 4.29. The first-order valence-electron chi connectivity index (χ1n) is 5.83. The van der Waals surface area contributed by atoms with Crippen LogP contribution in [0.5, 0.6) is 0 Å². The van der Waals surface area contributed by atoms with Crippen molar-refractivity contribution in [3.63, 3.8) is 0 Å². The number of hydrogen-bond donors (Lipinski definition) is 1. The van der Waals surface area contributed by atoms with Crippen molar-refractivity contribution in [2.45, 2.75) is 12.5 Å². The molecule has 0 saturated heterocycles. The topological polar surface area (TPSA) is 63.4 Å². The fraction of sp³-hybridized carbons (Fsp3) is 0.143. The number of rotatable bonds is 4. The Morgan fingerprint density at radius 1 is 1.25 bits per heavy atom. The van der Waals surface area contributed by atoms with Crippen LogP contribution in [0.3, 0.4) is 0 Å². The van der Waals surface area contributed by atoms with Gasteiger partial charge in [0, 0.05) is 33.6 Å². The Bertz CT molecular complexity index is 631. The Morgan fingerprint density at radius 3 is 2.50 bits per heavy atom. The second kappa shape index (κ2) is 6.35. The fourth-order valence-electron chi connectivity index (χ4n) is 1.86. The van der Waals surface area contributed by atoms with Crippen molar-refractivity contribution in [3.05, 3.63) is 73.2 Å². The molecule has 0 aliphatic heterocycles. The van der Waals surface area contributed by atoms with Crippen LogP contribution in [-0.2, 0) is 6.42 Å².